The van der Waals surface area contributed by atoms with Gasteiger partial charge in [-0.25, -0.2) is 0 Å². The first kappa shape index (κ1) is 15.8. The molecule has 0 aromatic heterocycles. The molecule has 1 N–H and O–H groups in total. The molecule has 2 aromatic carbocycles. The van der Waals surface area contributed by atoms with E-state index >= 15 is 0 Å². The zero-order chi connectivity index (χ0) is 17.4. The first-order chi connectivity index (χ1) is 11.4. The number of benzene rings is 2. The lowest BCUT2D eigenvalue weighted by molar-refractivity contribution is -0.384. The van der Waals surface area contributed by atoms with Crippen molar-refractivity contribution >= 4 is 23.0 Å². The second-order valence-electron chi connectivity index (χ2n) is 5.88. The summed E-state index contributed by atoms with van der Waals surface area (Å²) in [5, 5.41) is 22.0. The number of hydrogen-bond acceptors (Lipinski definition) is 5. The Balaban J connectivity index is 1.98. The van der Waals surface area contributed by atoms with Crippen LogP contribution < -0.4 is 5.32 Å². The van der Waals surface area contributed by atoms with Crippen LogP contribution in [-0.4, -0.2) is 10.8 Å². The lowest BCUT2D eigenvalue weighted by Crippen LogP contribution is -2.09. The molecule has 0 fully saturated rings. The zero-order valence-corrected chi connectivity index (χ0v) is 13.5. The number of azo groups is 1. The molecule has 7 heteroatoms. The highest BCUT2D eigenvalue weighted by Gasteiger charge is 2.32. The highest BCUT2D eigenvalue weighted by atomic mass is 16.6. The van der Waals surface area contributed by atoms with Gasteiger partial charge in [0.15, 0.2) is 6.04 Å². The number of hydrogen-bond donors (Lipinski definition) is 1. The van der Waals surface area contributed by atoms with Crippen LogP contribution in [0.1, 0.15) is 28.3 Å². The summed E-state index contributed by atoms with van der Waals surface area (Å²) in [7, 11) is 0. The smallest absolute Gasteiger partial charge is 0.271 e. The average molecular weight is 324 g/mol. The number of nitrogens with one attached hydrogen (secondary N) is 1. The Kier molecular flexibility index (Phi) is 3.84. The van der Waals surface area contributed by atoms with Crippen LogP contribution in [-0.2, 0) is 4.79 Å². The molecule has 24 heavy (non-hydrogen) atoms. The van der Waals surface area contributed by atoms with Crippen LogP contribution in [0.15, 0.2) is 40.6 Å². The monoisotopic (exact) mass is 324 g/mol. The maximum absolute atomic E-state index is 12.2. The lowest BCUT2D eigenvalue weighted by atomic mass is 10.0. The number of fused-ring (bicyclic) bond motifs is 1. The van der Waals surface area contributed by atoms with E-state index in [-0.39, 0.29) is 11.6 Å². The van der Waals surface area contributed by atoms with E-state index in [1.165, 1.54) is 12.1 Å². The molecule has 2 aromatic rings. The molecule has 1 aliphatic rings. The number of non-ortho nitro benzene ring substituents is 1. The Morgan fingerprint density at radius 1 is 1.12 bits per heavy atom. The summed E-state index contributed by atoms with van der Waals surface area (Å²) in [6.07, 6.45) is 0. The van der Waals surface area contributed by atoms with Gasteiger partial charge in [0.2, 0.25) is 0 Å². The molecule has 7 nitrogen and oxygen atoms in total. The summed E-state index contributed by atoms with van der Waals surface area (Å²) in [6.45, 7) is 5.67. The largest absolute Gasteiger partial charge is 0.323 e. The number of carbonyl (C=O) groups is 1. The maximum atomic E-state index is 12.2. The van der Waals surface area contributed by atoms with E-state index in [4.69, 9.17) is 0 Å². The Hall–Kier alpha value is -3.09. The van der Waals surface area contributed by atoms with Crippen LogP contribution in [0.5, 0.6) is 0 Å². The van der Waals surface area contributed by atoms with Crippen molar-refractivity contribution in [3.8, 4) is 0 Å². The third-order valence-electron chi connectivity index (χ3n) is 3.99. The third-order valence-corrected chi connectivity index (χ3v) is 3.99. The third kappa shape index (κ3) is 2.76. The molecule has 0 saturated heterocycles. The summed E-state index contributed by atoms with van der Waals surface area (Å²) in [5.41, 5.74) is 4.64. The van der Waals surface area contributed by atoms with Crippen LogP contribution in [0.2, 0.25) is 0 Å². The van der Waals surface area contributed by atoms with Crippen LogP contribution in [0.25, 0.3) is 0 Å². The van der Waals surface area contributed by atoms with Gasteiger partial charge in [-0.05, 0) is 31.9 Å². The van der Waals surface area contributed by atoms with E-state index in [9.17, 15) is 14.9 Å². The Morgan fingerprint density at radius 2 is 1.88 bits per heavy atom. The van der Waals surface area contributed by atoms with Gasteiger partial charge in [-0.1, -0.05) is 23.8 Å². The number of nitro benzene ring substituents is 1. The maximum Gasteiger partial charge on any atom is 0.271 e. The number of carbonyl (C=O) groups excluding carboxylic acids is 1. The molecule has 0 aliphatic carbocycles. The highest BCUT2D eigenvalue weighted by Crippen LogP contribution is 2.37. The fraction of sp³-hybridized carbons (Fsp3) is 0.235. The quantitative estimate of drug-likeness (QED) is 0.518. The topological polar surface area (TPSA) is 97.0 Å². The first-order valence-electron chi connectivity index (χ1n) is 7.44. The molecule has 1 atom stereocenters. The Labute approximate surface area is 138 Å². The van der Waals surface area contributed by atoms with Gasteiger partial charge in [0.1, 0.15) is 0 Å². The van der Waals surface area contributed by atoms with Gasteiger partial charge in [-0.3, -0.25) is 14.9 Å². The number of anilines is 1. The van der Waals surface area contributed by atoms with Crippen molar-refractivity contribution in [3.63, 3.8) is 0 Å². The number of nitrogens with zero attached hydrogens (tertiary/aromatic N) is 3. The molecule has 122 valence electrons. The average Bonchev–Trinajstić information content (AvgIpc) is 2.82. The van der Waals surface area contributed by atoms with Crippen molar-refractivity contribution in [2.45, 2.75) is 26.8 Å². The van der Waals surface area contributed by atoms with Crippen LogP contribution in [0.4, 0.5) is 17.1 Å². The van der Waals surface area contributed by atoms with Crippen molar-refractivity contribution in [2.75, 3.05) is 5.32 Å². The van der Waals surface area contributed by atoms with Gasteiger partial charge < -0.3 is 5.32 Å². The van der Waals surface area contributed by atoms with E-state index in [2.05, 4.69) is 15.5 Å². The van der Waals surface area contributed by atoms with Gasteiger partial charge in [0.25, 0.3) is 11.6 Å². The molecule has 0 bridgehead atoms. The zero-order valence-electron chi connectivity index (χ0n) is 13.5. The fourth-order valence-electron chi connectivity index (χ4n) is 2.77. The molecule has 0 spiro atoms. The minimum Gasteiger partial charge on any atom is -0.323 e. The van der Waals surface area contributed by atoms with E-state index in [1.807, 2.05) is 26.0 Å². The molecule has 1 heterocycles. The molecular formula is C17H16N4O3. The second kappa shape index (κ2) is 5.84. The minimum absolute atomic E-state index is 0.0579. The van der Waals surface area contributed by atoms with Crippen LogP contribution >= 0.6 is 0 Å². The standard InChI is InChI=1S/C17H16N4O3/c1-9-6-11(3)15-13(7-9)16(17(22)18-15)20-19-14-8-12(21(23)24)5-4-10(14)2/h4-8,16H,1-3H3,(H,18,22). The van der Waals surface area contributed by atoms with E-state index in [1.54, 1.807) is 13.0 Å². The lowest BCUT2D eigenvalue weighted by Gasteiger charge is -2.06. The summed E-state index contributed by atoms with van der Waals surface area (Å²) in [4.78, 5) is 22.6. The van der Waals surface area contributed by atoms with E-state index in [0.29, 0.717) is 5.69 Å². The summed E-state index contributed by atoms with van der Waals surface area (Å²) in [5.74, 6) is -0.245. The molecule has 1 unspecified atom stereocenters. The van der Waals surface area contributed by atoms with Crippen LogP contribution in [0.3, 0.4) is 0 Å². The van der Waals surface area contributed by atoms with Gasteiger partial charge in [0.05, 0.1) is 10.6 Å². The first-order valence-corrected chi connectivity index (χ1v) is 7.44. The molecule has 3 rings (SSSR count). The van der Waals surface area contributed by atoms with Gasteiger partial charge in [-0.2, -0.15) is 10.2 Å². The van der Waals surface area contributed by atoms with Crippen molar-refractivity contribution < 1.29 is 9.72 Å². The molecule has 1 amide bonds. The van der Waals surface area contributed by atoms with Crippen LogP contribution in [0, 0.1) is 30.9 Å². The van der Waals surface area contributed by atoms with Crippen molar-refractivity contribution in [1.82, 2.24) is 0 Å². The number of rotatable bonds is 3. The number of nitro groups is 1. The summed E-state index contributed by atoms with van der Waals surface area (Å²) in [6, 6.07) is 7.54. The van der Waals surface area contributed by atoms with Gasteiger partial charge in [0, 0.05) is 23.4 Å². The minimum atomic E-state index is -0.739. The van der Waals surface area contributed by atoms with Crippen molar-refractivity contribution in [2.24, 2.45) is 10.2 Å². The molecular weight excluding hydrogens is 308 g/mol. The fourth-order valence-corrected chi connectivity index (χ4v) is 2.77. The second-order valence-corrected chi connectivity index (χ2v) is 5.88. The summed E-state index contributed by atoms with van der Waals surface area (Å²) < 4.78 is 0. The van der Waals surface area contributed by atoms with Gasteiger partial charge in [-0.15, -0.1) is 0 Å². The number of amides is 1. The Morgan fingerprint density at radius 3 is 2.58 bits per heavy atom. The summed E-state index contributed by atoms with van der Waals surface area (Å²) >= 11 is 0. The SMILES string of the molecule is Cc1cc(C)c2c(c1)C(N=Nc1cc([N+](=O)[O-])ccc1C)C(=O)N2. The predicted molar refractivity (Wildman–Crippen MR) is 89.6 cm³/mol. The van der Waals surface area contributed by atoms with Gasteiger partial charge >= 0.3 is 0 Å². The van der Waals surface area contributed by atoms with E-state index in [0.717, 1.165) is 27.9 Å². The predicted octanol–water partition coefficient (Wildman–Crippen LogP) is 4.30. The van der Waals surface area contributed by atoms with Crippen molar-refractivity contribution in [3.05, 3.63) is 62.7 Å². The van der Waals surface area contributed by atoms with E-state index < -0.39 is 11.0 Å². The highest BCUT2D eigenvalue weighted by molar-refractivity contribution is 6.03. The molecule has 1 aliphatic heterocycles. The molecule has 0 radical (unpaired) electrons. The van der Waals surface area contributed by atoms with Crippen molar-refractivity contribution in [1.29, 1.82) is 0 Å². The number of aryl methyl sites for hydroxylation is 3. The normalized spacial score (nSPS) is 16.3. The molecule has 0 saturated carbocycles. The Bertz CT molecular complexity index is 890.